The minimum atomic E-state index is -0.556. The number of fused-ring (bicyclic) bond motifs is 1. The van der Waals surface area contributed by atoms with Gasteiger partial charge in [-0.15, -0.1) is 0 Å². The van der Waals surface area contributed by atoms with Gasteiger partial charge in [0.1, 0.15) is 11.9 Å². The number of amides is 1. The molecule has 0 bridgehead atoms. The molecule has 22 heavy (non-hydrogen) atoms. The monoisotopic (exact) mass is 298 g/mol. The summed E-state index contributed by atoms with van der Waals surface area (Å²) in [6.45, 7) is 5.60. The van der Waals surface area contributed by atoms with Gasteiger partial charge in [-0.25, -0.2) is 4.98 Å². The Morgan fingerprint density at radius 3 is 2.82 bits per heavy atom. The lowest BCUT2D eigenvalue weighted by atomic mass is 10.0. The number of anilines is 1. The predicted molar refractivity (Wildman–Crippen MR) is 85.3 cm³/mol. The summed E-state index contributed by atoms with van der Waals surface area (Å²) in [5, 5.41) is 0.368. The number of likely N-dealkylation sites (tertiary alicyclic amines) is 1. The number of likely N-dealkylation sites (N-methyl/N-ethyl adjacent to an activating group) is 1. The van der Waals surface area contributed by atoms with Crippen molar-refractivity contribution in [2.75, 3.05) is 12.8 Å². The fourth-order valence-electron chi connectivity index (χ4n) is 2.96. The molecular formula is C16H18N4O2. The fourth-order valence-corrected chi connectivity index (χ4v) is 2.96. The van der Waals surface area contributed by atoms with E-state index in [4.69, 9.17) is 5.73 Å². The number of hydrogen-bond acceptors (Lipinski definition) is 4. The zero-order valence-corrected chi connectivity index (χ0v) is 12.7. The SMILES string of the molecule is C=C1CCC(n2c(C)nc3cccc(N)c3c2=O)C(=O)N1C. The van der Waals surface area contributed by atoms with Crippen molar-refractivity contribution in [2.45, 2.75) is 25.8 Å². The average Bonchev–Trinajstić information content (AvgIpc) is 2.47. The first-order valence-electron chi connectivity index (χ1n) is 7.14. The molecule has 6 nitrogen and oxygen atoms in total. The van der Waals surface area contributed by atoms with Gasteiger partial charge in [0.15, 0.2) is 0 Å². The lowest BCUT2D eigenvalue weighted by Crippen LogP contribution is -2.42. The first kappa shape index (κ1) is 14.3. The van der Waals surface area contributed by atoms with Crippen molar-refractivity contribution in [3.8, 4) is 0 Å². The van der Waals surface area contributed by atoms with Gasteiger partial charge >= 0.3 is 0 Å². The Kier molecular flexibility index (Phi) is 3.24. The molecule has 1 aliphatic heterocycles. The molecule has 0 spiro atoms. The van der Waals surface area contributed by atoms with Gasteiger partial charge in [-0.05, 0) is 31.9 Å². The summed E-state index contributed by atoms with van der Waals surface area (Å²) in [4.78, 5) is 31.3. The van der Waals surface area contributed by atoms with Crippen LogP contribution in [0.1, 0.15) is 24.7 Å². The van der Waals surface area contributed by atoms with Gasteiger partial charge in [0.25, 0.3) is 5.56 Å². The number of piperidine rings is 1. The first-order valence-corrected chi connectivity index (χ1v) is 7.14. The molecule has 2 aromatic rings. The van der Waals surface area contributed by atoms with Gasteiger partial charge in [0, 0.05) is 18.4 Å². The van der Waals surface area contributed by atoms with Crippen LogP contribution in [0.3, 0.4) is 0 Å². The molecule has 2 N–H and O–H groups in total. The number of nitrogen functional groups attached to an aromatic ring is 1. The highest BCUT2D eigenvalue weighted by molar-refractivity contribution is 5.90. The third-order valence-electron chi connectivity index (χ3n) is 4.25. The summed E-state index contributed by atoms with van der Waals surface area (Å²) in [7, 11) is 1.68. The molecule has 3 rings (SSSR count). The van der Waals surface area contributed by atoms with Crippen LogP contribution in [0, 0.1) is 6.92 Å². The number of carbonyl (C=O) groups is 1. The molecule has 0 radical (unpaired) electrons. The highest BCUT2D eigenvalue weighted by atomic mass is 16.2. The molecule has 114 valence electrons. The third-order valence-corrected chi connectivity index (χ3v) is 4.25. The summed E-state index contributed by atoms with van der Waals surface area (Å²) in [6, 6.07) is 4.62. The molecule has 2 heterocycles. The van der Waals surface area contributed by atoms with Crippen LogP contribution in [0.15, 0.2) is 35.3 Å². The lowest BCUT2D eigenvalue weighted by Gasteiger charge is -2.32. The van der Waals surface area contributed by atoms with Crippen molar-refractivity contribution in [3.05, 3.63) is 46.7 Å². The quantitative estimate of drug-likeness (QED) is 0.811. The molecule has 0 saturated carbocycles. The van der Waals surface area contributed by atoms with E-state index in [1.807, 2.05) is 0 Å². The van der Waals surface area contributed by atoms with E-state index < -0.39 is 6.04 Å². The Morgan fingerprint density at radius 2 is 2.09 bits per heavy atom. The second-order valence-electron chi connectivity index (χ2n) is 5.59. The first-order chi connectivity index (χ1) is 10.4. The Bertz CT molecular complexity index is 853. The lowest BCUT2D eigenvalue weighted by molar-refractivity contribution is -0.133. The number of aromatic nitrogens is 2. The molecule has 1 amide bonds. The summed E-state index contributed by atoms with van der Waals surface area (Å²) >= 11 is 0. The van der Waals surface area contributed by atoms with Crippen LogP contribution in [0.2, 0.25) is 0 Å². The highest BCUT2D eigenvalue weighted by Crippen LogP contribution is 2.28. The number of hydrogen-bond donors (Lipinski definition) is 1. The van der Waals surface area contributed by atoms with E-state index in [-0.39, 0.29) is 11.5 Å². The topological polar surface area (TPSA) is 81.2 Å². The summed E-state index contributed by atoms with van der Waals surface area (Å²) in [5.41, 5.74) is 7.36. The van der Waals surface area contributed by atoms with Crippen molar-refractivity contribution in [2.24, 2.45) is 0 Å². The number of rotatable bonds is 1. The standard InChI is InChI=1S/C16H18N4O2/c1-9-7-8-13(15(21)19(9)3)20-10(2)18-12-6-4-5-11(17)14(12)16(20)22/h4-6,13H,1,7-8,17H2,2-3H3. The fraction of sp³-hybridized carbons (Fsp3) is 0.312. The second kappa shape index (κ2) is 4.98. The van der Waals surface area contributed by atoms with Gasteiger partial charge < -0.3 is 10.6 Å². The van der Waals surface area contributed by atoms with E-state index in [0.717, 1.165) is 5.70 Å². The maximum atomic E-state index is 12.9. The van der Waals surface area contributed by atoms with Gasteiger partial charge in [0.2, 0.25) is 5.91 Å². The number of aryl methyl sites for hydroxylation is 1. The molecule has 6 heteroatoms. The average molecular weight is 298 g/mol. The normalized spacial score (nSPS) is 19.0. The number of nitrogens with zero attached hydrogens (tertiary/aromatic N) is 3. The Labute approximate surface area is 127 Å². The van der Waals surface area contributed by atoms with Crippen molar-refractivity contribution in [1.82, 2.24) is 14.5 Å². The van der Waals surface area contributed by atoms with Crippen LogP contribution in [-0.2, 0) is 4.79 Å². The van der Waals surface area contributed by atoms with Crippen molar-refractivity contribution in [1.29, 1.82) is 0 Å². The summed E-state index contributed by atoms with van der Waals surface area (Å²) < 4.78 is 1.46. The van der Waals surface area contributed by atoms with Gasteiger partial charge in [0.05, 0.1) is 10.9 Å². The second-order valence-corrected chi connectivity index (χ2v) is 5.59. The van der Waals surface area contributed by atoms with E-state index in [9.17, 15) is 9.59 Å². The molecular weight excluding hydrogens is 280 g/mol. The van der Waals surface area contributed by atoms with E-state index in [1.165, 1.54) is 9.47 Å². The van der Waals surface area contributed by atoms with E-state index in [0.29, 0.717) is 35.3 Å². The van der Waals surface area contributed by atoms with Crippen LogP contribution in [0.4, 0.5) is 5.69 Å². The van der Waals surface area contributed by atoms with Crippen molar-refractivity contribution >= 4 is 22.5 Å². The maximum absolute atomic E-state index is 12.9. The van der Waals surface area contributed by atoms with Gasteiger partial charge in [-0.1, -0.05) is 12.6 Å². The minimum absolute atomic E-state index is 0.142. The van der Waals surface area contributed by atoms with E-state index in [2.05, 4.69) is 11.6 Å². The largest absolute Gasteiger partial charge is 0.398 e. The molecule has 1 fully saturated rings. The maximum Gasteiger partial charge on any atom is 0.264 e. The minimum Gasteiger partial charge on any atom is -0.398 e. The molecule has 1 atom stereocenters. The van der Waals surface area contributed by atoms with Crippen LogP contribution < -0.4 is 11.3 Å². The summed E-state index contributed by atoms with van der Waals surface area (Å²) in [5.74, 6) is 0.375. The van der Waals surface area contributed by atoms with Crippen LogP contribution in [0.25, 0.3) is 10.9 Å². The Hall–Kier alpha value is -2.63. The van der Waals surface area contributed by atoms with Gasteiger partial charge in [-0.3, -0.25) is 14.2 Å². The van der Waals surface area contributed by atoms with Crippen LogP contribution >= 0.6 is 0 Å². The summed E-state index contributed by atoms with van der Waals surface area (Å²) in [6.07, 6.45) is 1.21. The van der Waals surface area contributed by atoms with Crippen LogP contribution in [-0.4, -0.2) is 27.4 Å². The smallest absolute Gasteiger partial charge is 0.264 e. The molecule has 1 aromatic carbocycles. The Balaban J connectivity index is 2.24. The molecule has 1 aliphatic rings. The third kappa shape index (κ3) is 1.99. The van der Waals surface area contributed by atoms with Crippen molar-refractivity contribution in [3.63, 3.8) is 0 Å². The molecule has 1 unspecified atom stereocenters. The number of nitrogens with two attached hydrogens (primary N) is 1. The molecule has 0 aliphatic carbocycles. The number of allylic oxidation sites excluding steroid dienone is 1. The van der Waals surface area contributed by atoms with Gasteiger partial charge in [-0.2, -0.15) is 0 Å². The predicted octanol–water partition coefficient (Wildman–Crippen LogP) is 1.59. The highest BCUT2D eigenvalue weighted by Gasteiger charge is 2.32. The molecule has 1 aromatic heterocycles. The molecule has 1 saturated heterocycles. The van der Waals surface area contributed by atoms with E-state index >= 15 is 0 Å². The van der Waals surface area contributed by atoms with E-state index in [1.54, 1.807) is 32.2 Å². The zero-order chi connectivity index (χ0) is 16.0. The zero-order valence-electron chi connectivity index (χ0n) is 12.7. The van der Waals surface area contributed by atoms with Crippen molar-refractivity contribution < 1.29 is 4.79 Å². The number of benzene rings is 1. The number of carbonyl (C=O) groups excluding carboxylic acids is 1. The Morgan fingerprint density at radius 1 is 1.36 bits per heavy atom. The van der Waals surface area contributed by atoms with Crippen LogP contribution in [0.5, 0.6) is 0 Å².